The molecule has 1 heterocycles. The first kappa shape index (κ1) is 12.9. The van der Waals surface area contributed by atoms with Crippen molar-refractivity contribution >= 4 is 11.7 Å². The van der Waals surface area contributed by atoms with Crippen molar-refractivity contribution in [1.29, 1.82) is 0 Å². The average molecular weight is 247 g/mol. The number of hydrogen-bond acceptors (Lipinski definition) is 2. The number of rotatable bonds is 3. The van der Waals surface area contributed by atoms with Crippen molar-refractivity contribution < 1.29 is 9.90 Å². The van der Waals surface area contributed by atoms with E-state index in [9.17, 15) is 9.90 Å². The van der Waals surface area contributed by atoms with Crippen LogP contribution in [0.15, 0.2) is 18.2 Å². The second-order valence-electron chi connectivity index (χ2n) is 5.17. The van der Waals surface area contributed by atoms with E-state index in [-0.39, 0.29) is 0 Å². The highest BCUT2D eigenvalue weighted by molar-refractivity contribution is 5.79. The van der Waals surface area contributed by atoms with E-state index in [2.05, 4.69) is 17.0 Å². The highest BCUT2D eigenvalue weighted by atomic mass is 16.4. The van der Waals surface area contributed by atoms with E-state index in [0.717, 1.165) is 29.9 Å². The minimum absolute atomic E-state index is 0.443. The number of carboxylic acid groups (broad SMARTS) is 1. The fraction of sp³-hybridized carbons (Fsp3) is 0.533. The van der Waals surface area contributed by atoms with Crippen LogP contribution >= 0.6 is 0 Å². The van der Waals surface area contributed by atoms with Crippen molar-refractivity contribution in [3.05, 3.63) is 29.3 Å². The molecule has 3 nitrogen and oxygen atoms in total. The minimum atomic E-state index is -0.751. The first-order valence-corrected chi connectivity index (χ1v) is 6.68. The van der Waals surface area contributed by atoms with Crippen LogP contribution in [0.5, 0.6) is 0 Å². The summed E-state index contributed by atoms with van der Waals surface area (Å²) in [7, 11) is 0. The largest absolute Gasteiger partial charge is 0.481 e. The first-order chi connectivity index (χ1) is 8.59. The van der Waals surface area contributed by atoms with Gasteiger partial charge in [-0.3, -0.25) is 4.79 Å². The molecule has 1 unspecified atom stereocenters. The summed E-state index contributed by atoms with van der Waals surface area (Å²) >= 11 is 0. The third-order valence-corrected chi connectivity index (χ3v) is 3.72. The summed E-state index contributed by atoms with van der Waals surface area (Å²) in [6.07, 6.45) is 3.69. The molecule has 0 radical (unpaired) electrons. The number of carboxylic acids is 1. The fourth-order valence-corrected chi connectivity index (χ4v) is 2.58. The van der Waals surface area contributed by atoms with E-state index in [0.29, 0.717) is 0 Å². The predicted octanol–water partition coefficient (Wildman–Crippen LogP) is 3.17. The van der Waals surface area contributed by atoms with Gasteiger partial charge in [-0.1, -0.05) is 17.7 Å². The van der Waals surface area contributed by atoms with Crippen LogP contribution in [0.3, 0.4) is 0 Å². The maximum absolute atomic E-state index is 11.2. The second-order valence-corrected chi connectivity index (χ2v) is 5.17. The molecule has 3 heteroatoms. The number of anilines is 1. The second kappa shape index (κ2) is 5.42. The molecule has 0 spiro atoms. The highest BCUT2D eigenvalue weighted by Gasteiger charge is 2.21. The molecule has 1 fully saturated rings. The smallest absolute Gasteiger partial charge is 0.310 e. The molecule has 98 valence electrons. The maximum atomic E-state index is 11.2. The van der Waals surface area contributed by atoms with Gasteiger partial charge in [0.05, 0.1) is 5.92 Å². The van der Waals surface area contributed by atoms with Crippen LogP contribution in [0.2, 0.25) is 0 Å². The average Bonchev–Trinajstić information content (AvgIpc) is 2.38. The Bertz CT molecular complexity index is 436. The van der Waals surface area contributed by atoms with Gasteiger partial charge in [0.25, 0.3) is 0 Å². The third-order valence-electron chi connectivity index (χ3n) is 3.72. The summed E-state index contributed by atoms with van der Waals surface area (Å²) in [6.45, 7) is 5.87. The third kappa shape index (κ3) is 2.66. The summed E-state index contributed by atoms with van der Waals surface area (Å²) in [6, 6.07) is 6.17. The standard InChI is InChI=1S/C15H21NO2/c1-11-6-7-14(16-8-4-3-5-9-16)13(10-11)12(2)15(17)18/h6-7,10,12H,3-5,8-9H2,1-2H3,(H,17,18). The fourth-order valence-electron chi connectivity index (χ4n) is 2.58. The maximum Gasteiger partial charge on any atom is 0.310 e. The van der Waals surface area contributed by atoms with Crippen molar-refractivity contribution in [1.82, 2.24) is 0 Å². The first-order valence-electron chi connectivity index (χ1n) is 6.68. The van der Waals surface area contributed by atoms with Gasteiger partial charge in [-0.25, -0.2) is 0 Å². The lowest BCUT2D eigenvalue weighted by Crippen LogP contribution is -2.30. The van der Waals surface area contributed by atoms with E-state index in [4.69, 9.17) is 0 Å². The Balaban J connectivity index is 2.36. The summed E-state index contributed by atoms with van der Waals surface area (Å²) in [5, 5.41) is 9.23. The van der Waals surface area contributed by atoms with Gasteiger partial charge in [0.15, 0.2) is 0 Å². The number of hydrogen-bond donors (Lipinski definition) is 1. The molecule has 1 atom stereocenters. The molecule has 1 saturated heterocycles. The Labute approximate surface area is 108 Å². The van der Waals surface area contributed by atoms with Gasteiger partial charge >= 0.3 is 5.97 Å². The van der Waals surface area contributed by atoms with Gasteiger partial charge in [-0.15, -0.1) is 0 Å². The molecule has 0 amide bonds. The van der Waals surface area contributed by atoms with Crippen molar-refractivity contribution in [2.75, 3.05) is 18.0 Å². The number of benzene rings is 1. The Morgan fingerprint density at radius 2 is 1.94 bits per heavy atom. The van der Waals surface area contributed by atoms with E-state index < -0.39 is 11.9 Å². The van der Waals surface area contributed by atoms with Crippen LogP contribution in [0, 0.1) is 6.92 Å². The summed E-state index contributed by atoms with van der Waals surface area (Å²) in [5.74, 6) is -1.19. The van der Waals surface area contributed by atoms with Gasteiger partial charge < -0.3 is 10.0 Å². The number of carbonyl (C=O) groups is 1. The van der Waals surface area contributed by atoms with Gasteiger partial charge in [0, 0.05) is 18.8 Å². The molecule has 0 bridgehead atoms. The molecule has 0 aromatic heterocycles. The van der Waals surface area contributed by atoms with Gasteiger partial charge in [0.2, 0.25) is 0 Å². The van der Waals surface area contributed by atoms with Crippen LogP contribution in [-0.2, 0) is 4.79 Å². The van der Waals surface area contributed by atoms with Crippen molar-refractivity contribution in [3.63, 3.8) is 0 Å². The van der Waals surface area contributed by atoms with Crippen LogP contribution in [-0.4, -0.2) is 24.2 Å². The summed E-state index contributed by atoms with van der Waals surface area (Å²) in [4.78, 5) is 13.6. The van der Waals surface area contributed by atoms with E-state index in [1.54, 1.807) is 6.92 Å². The molecule has 1 aromatic carbocycles. The van der Waals surface area contributed by atoms with Crippen LogP contribution in [0.25, 0.3) is 0 Å². The SMILES string of the molecule is Cc1ccc(N2CCCCC2)c(C(C)C(=O)O)c1. The van der Waals surface area contributed by atoms with Crippen molar-refractivity contribution in [3.8, 4) is 0 Å². The predicted molar refractivity (Wildman–Crippen MR) is 73.3 cm³/mol. The molecule has 0 saturated carbocycles. The molecule has 0 aliphatic carbocycles. The van der Waals surface area contributed by atoms with E-state index in [1.165, 1.54) is 19.3 Å². The quantitative estimate of drug-likeness (QED) is 0.891. The minimum Gasteiger partial charge on any atom is -0.481 e. The van der Waals surface area contributed by atoms with Crippen LogP contribution < -0.4 is 4.90 Å². The molecule has 1 aromatic rings. The van der Waals surface area contributed by atoms with Crippen molar-refractivity contribution in [2.24, 2.45) is 0 Å². The van der Waals surface area contributed by atoms with Crippen LogP contribution in [0.1, 0.15) is 43.2 Å². The number of piperidine rings is 1. The molecular formula is C15H21NO2. The Morgan fingerprint density at radius 3 is 2.56 bits per heavy atom. The van der Waals surface area contributed by atoms with Gasteiger partial charge in [-0.2, -0.15) is 0 Å². The Kier molecular flexibility index (Phi) is 3.90. The van der Waals surface area contributed by atoms with Crippen molar-refractivity contribution in [2.45, 2.75) is 39.0 Å². The molecule has 1 aliphatic rings. The zero-order valence-corrected chi connectivity index (χ0v) is 11.1. The number of aliphatic carboxylic acids is 1. The number of nitrogens with zero attached hydrogens (tertiary/aromatic N) is 1. The van der Waals surface area contributed by atoms with E-state index in [1.807, 2.05) is 13.0 Å². The summed E-state index contributed by atoms with van der Waals surface area (Å²) in [5.41, 5.74) is 3.18. The Hall–Kier alpha value is -1.51. The van der Waals surface area contributed by atoms with Crippen LogP contribution in [0.4, 0.5) is 5.69 Å². The summed E-state index contributed by atoms with van der Waals surface area (Å²) < 4.78 is 0. The molecule has 1 N–H and O–H groups in total. The topological polar surface area (TPSA) is 40.5 Å². The lowest BCUT2D eigenvalue weighted by atomic mass is 9.95. The lowest BCUT2D eigenvalue weighted by Gasteiger charge is -2.31. The lowest BCUT2D eigenvalue weighted by molar-refractivity contribution is -0.138. The molecule has 1 aliphatic heterocycles. The zero-order valence-electron chi connectivity index (χ0n) is 11.1. The molecule has 18 heavy (non-hydrogen) atoms. The van der Waals surface area contributed by atoms with Gasteiger partial charge in [-0.05, 0) is 44.7 Å². The highest BCUT2D eigenvalue weighted by Crippen LogP contribution is 2.30. The normalized spacial score (nSPS) is 17.6. The zero-order chi connectivity index (χ0) is 13.1. The molecule has 2 rings (SSSR count). The molecular weight excluding hydrogens is 226 g/mol. The monoisotopic (exact) mass is 247 g/mol. The van der Waals surface area contributed by atoms with E-state index >= 15 is 0 Å². The number of aryl methyl sites for hydroxylation is 1. The van der Waals surface area contributed by atoms with Gasteiger partial charge in [0.1, 0.15) is 0 Å². The Morgan fingerprint density at radius 1 is 1.28 bits per heavy atom.